The summed E-state index contributed by atoms with van der Waals surface area (Å²) in [5, 5.41) is 3.31. The Labute approximate surface area is 109 Å². The zero-order chi connectivity index (χ0) is 11.5. The average molecular weight is 334 g/mol. The van der Waals surface area contributed by atoms with Gasteiger partial charge in [0.1, 0.15) is 5.82 Å². The molecule has 2 rings (SSSR count). The van der Waals surface area contributed by atoms with Gasteiger partial charge in [0.05, 0.1) is 0 Å². The van der Waals surface area contributed by atoms with Crippen molar-refractivity contribution >= 4 is 22.6 Å². The van der Waals surface area contributed by atoms with E-state index in [4.69, 9.17) is 0 Å². The molecular formula is C12H16FIN2. The Hall–Kier alpha value is -0.200. The van der Waals surface area contributed by atoms with Crippen LogP contribution in [0.2, 0.25) is 0 Å². The van der Waals surface area contributed by atoms with E-state index >= 15 is 0 Å². The van der Waals surface area contributed by atoms with Gasteiger partial charge in [-0.25, -0.2) is 4.39 Å². The first-order valence-electron chi connectivity index (χ1n) is 5.58. The van der Waals surface area contributed by atoms with E-state index in [1.165, 1.54) is 0 Å². The number of rotatable bonds is 2. The number of hydrogen-bond donors (Lipinski definition) is 1. The Morgan fingerprint density at radius 3 is 2.75 bits per heavy atom. The van der Waals surface area contributed by atoms with Crippen molar-refractivity contribution in [2.75, 3.05) is 26.2 Å². The van der Waals surface area contributed by atoms with Gasteiger partial charge in [0.2, 0.25) is 0 Å². The lowest BCUT2D eigenvalue weighted by Gasteiger charge is -2.33. The maximum atomic E-state index is 13.7. The number of piperazine rings is 1. The largest absolute Gasteiger partial charge is 0.314 e. The van der Waals surface area contributed by atoms with E-state index in [0.717, 1.165) is 35.3 Å². The molecule has 88 valence electrons. The molecule has 1 aliphatic rings. The van der Waals surface area contributed by atoms with E-state index in [9.17, 15) is 4.39 Å². The Bertz CT molecular complexity index is 364. The van der Waals surface area contributed by atoms with Crippen LogP contribution in [0.1, 0.15) is 18.5 Å². The summed E-state index contributed by atoms with van der Waals surface area (Å²) in [6.45, 7) is 6.06. The number of benzene rings is 1. The van der Waals surface area contributed by atoms with Gasteiger partial charge in [-0.3, -0.25) is 4.90 Å². The highest BCUT2D eigenvalue weighted by Gasteiger charge is 2.20. The topological polar surface area (TPSA) is 15.3 Å². The van der Waals surface area contributed by atoms with Crippen LogP contribution >= 0.6 is 22.6 Å². The van der Waals surface area contributed by atoms with Gasteiger partial charge in [-0.05, 0) is 47.7 Å². The smallest absolute Gasteiger partial charge is 0.128 e. The molecule has 1 saturated heterocycles. The highest BCUT2D eigenvalue weighted by Crippen LogP contribution is 2.24. The summed E-state index contributed by atoms with van der Waals surface area (Å²) in [6, 6.07) is 5.49. The van der Waals surface area contributed by atoms with Gasteiger partial charge in [-0.1, -0.05) is 0 Å². The van der Waals surface area contributed by atoms with Crippen LogP contribution in [-0.2, 0) is 0 Å². The first-order chi connectivity index (χ1) is 7.68. The van der Waals surface area contributed by atoms with Crippen LogP contribution in [0.15, 0.2) is 18.2 Å². The lowest BCUT2D eigenvalue weighted by Crippen LogP contribution is -2.44. The third-order valence-corrected chi connectivity index (χ3v) is 3.78. The van der Waals surface area contributed by atoms with Crippen LogP contribution in [0.25, 0.3) is 0 Å². The SMILES string of the molecule is C[C@H](c1cc(I)ccc1F)N1CCNCC1. The number of nitrogens with one attached hydrogen (secondary N) is 1. The molecule has 0 aromatic heterocycles. The molecule has 0 unspecified atom stereocenters. The van der Waals surface area contributed by atoms with Crippen molar-refractivity contribution in [3.05, 3.63) is 33.1 Å². The van der Waals surface area contributed by atoms with Crippen molar-refractivity contribution in [3.8, 4) is 0 Å². The van der Waals surface area contributed by atoms with Crippen LogP contribution in [0, 0.1) is 9.39 Å². The Morgan fingerprint density at radius 1 is 1.38 bits per heavy atom. The summed E-state index contributed by atoms with van der Waals surface area (Å²) in [4.78, 5) is 2.32. The molecule has 16 heavy (non-hydrogen) atoms. The minimum absolute atomic E-state index is 0.0913. The number of halogens is 2. The summed E-state index contributed by atoms with van der Waals surface area (Å²) in [5.41, 5.74) is 0.814. The van der Waals surface area contributed by atoms with Crippen LogP contribution in [0.5, 0.6) is 0 Å². The number of nitrogens with zero attached hydrogens (tertiary/aromatic N) is 1. The van der Waals surface area contributed by atoms with Crippen molar-refractivity contribution in [3.63, 3.8) is 0 Å². The lowest BCUT2D eigenvalue weighted by molar-refractivity contribution is 0.182. The minimum Gasteiger partial charge on any atom is -0.314 e. The standard InChI is InChI=1S/C12H16FIN2/c1-9(16-6-4-15-5-7-16)11-8-10(14)2-3-12(11)13/h2-3,8-9,15H,4-7H2,1H3/t9-/m1/s1. The zero-order valence-corrected chi connectivity index (χ0v) is 11.5. The summed E-state index contributed by atoms with van der Waals surface area (Å²) in [6.07, 6.45) is 0. The summed E-state index contributed by atoms with van der Waals surface area (Å²) < 4.78 is 14.8. The third-order valence-electron chi connectivity index (χ3n) is 3.11. The van der Waals surface area contributed by atoms with Gasteiger partial charge in [0.15, 0.2) is 0 Å². The molecule has 4 heteroatoms. The van der Waals surface area contributed by atoms with Gasteiger partial charge in [0, 0.05) is 41.4 Å². The van der Waals surface area contributed by atoms with E-state index < -0.39 is 0 Å². The molecular weight excluding hydrogens is 318 g/mol. The molecule has 1 heterocycles. The van der Waals surface area contributed by atoms with Crippen LogP contribution in [0.3, 0.4) is 0 Å². The van der Waals surface area contributed by atoms with Crippen molar-refractivity contribution in [2.24, 2.45) is 0 Å². The Morgan fingerprint density at radius 2 is 2.06 bits per heavy atom. The molecule has 1 aromatic carbocycles. The minimum atomic E-state index is -0.0913. The summed E-state index contributed by atoms with van der Waals surface area (Å²) in [5.74, 6) is -0.0913. The maximum absolute atomic E-state index is 13.7. The predicted molar refractivity (Wildman–Crippen MR) is 72.0 cm³/mol. The summed E-state index contributed by atoms with van der Waals surface area (Å²) in [7, 11) is 0. The maximum Gasteiger partial charge on any atom is 0.128 e. The fourth-order valence-corrected chi connectivity index (χ4v) is 2.62. The third kappa shape index (κ3) is 2.73. The molecule has 0 aliphatic carbocycles. The molecule has 0 radical (unpaired) electrons. The van der Waals surface area contributed by atoms with Gasteiger partial charge in [0.25, 0.3) is 0 Å². The van der Waals surface area contributed by atoms with Crippen molar-refractivity contribution in [1.82, 2.24) is 10.2 Å². The van der Waals surface area contributed by atoms with Crippen LogP contribution in [-0.4, -0.2) is 31.1 Å². The van der Waals surface area contributed by atoms with Crippen LogP contribution < -0.4 is 5.32 Å². The second-order valence-electron chi connectivity index (χ2n) is 4.13. The lowest BCUT2D eigenvalue weighted by atomic mass is 10.1. The molecule has 1 aromatic rings. The molecule has 1 fully saturated rings. The second-order valence-corrected chi connectivity index (χ2v) is 5.37. The fraction of sp³-hybridized carbons (Fsp3) is 0.500. The summed E-state index contributed by atoms with van der Waals surface area (Å²) >= 11 is 2.23. The Kier molecular flexibility index (Phi) is 4.16. The average Bonchev–Trinajstić information content (AvgIpc) is 2.32. The molecule has 0 saturated carbocycles. The normalized spacial score (nSPS) is 19.7. The van der Waals surface area contributed by atoms with Crippen molar-refractivity contribution in [1.29, 1.82) is 0 Å². The molecule has 1 aliphatic heterocycles. The molecule has 2 nitrogen and oxygen atoms in total. The van der Waals surface area contributed by atoms with Gasteiger partial charge in [-0.2, -0.15) is 0 Å². The first kappa shape index (κ1) is 12.3. The fourth-order valence-electron chi connectivity index (χ4n) is 2.10. The quantitative estimate of drug-likeness (QED) is 0.836. The zero-order valence-electron chi connectivity index (χ0n) is 9.34. The van der Waals surface area contributed by atoms with E-state index in [-0.39, 0.29) is 11.9 Å². The van der Waals surface area contributed by atoms with Gasteiger partial charge < -0.3 is 5.32 Å². The predicted octanol–water partition coefficient (Wildman–Crippen LogP) is 2.40. The van der Waals surface area contributed by atoms with Crippen LogP contribution in [0.4, 0.5) is 4.39 Å². The van der Waals surface area contributed by atoms with E-state index in [1.54, 1.807) is 6.07 Å². The molecule has 0 amide bonds. The van der Waals surface area contributed by atoms with E-state index in [1.807, 2.05) is 12.1 Å². The van der Waals surface area contributed by atoms with Crippen molar-refractivity contribution < 1.29 is 4.39 Å². The van der Waals surface area contributed by atoms with E-state index in [2.05, 4.69) is 39.7 Å². The van der Waals surface area contributed by atoms with Gasteiger partial charge in [-0.15, -0.1) is 0 Å². The van der Waals surface area contributed by atoms with Gasteiger partial charge >= 0.3 is 0 Å². The molecule has 1 N–H and O–H groups in total. The molecule has 0 bridgehead atoms. The second kappa shape index (κ2) is 5.42. The number of hydrogen-bond acceptors (Lipinski definition) is 2. The highest BCUT2D eigenvalue weighted by molar-refractivity contribution is 14.1. The highest BCUT2D eigenvalue weighted by atomic mass is 127. The monoisotopic (exact) mass is 334 g/mol. The Balaban J connectivity index is 2.18. The molecule has 1 atom stereocenters. The molecule has 0 spiro atoms. The van der Waals surface area contributed by atoms with Crippen molar-refractivity contribution in [2.45, 2.75) is 13.0 Å². The van der Waals surface area contributed by atoms with E-state index in [0.29, 0.717) is 0 Å². The first-order valence-corrected chi connectivity index (χ1v) is 6.66.